The van der Waals surface area contributed by atoms with Gasteiger partial charge in [-0.2, -0.15) is 13.9 Å². The number of halogens is 2. The van der Waals surface area contributed by atoms with Crippen molar-refractivity contribution in [1.82, 2.24) is 9.78 Å². The molecule has 1 rings (SSSR count). The molecule has 0 amide bonds. The van der Waals surface area contributed by atoms with Crippen LogP contribution in [0.15, 0.2) is 12.3 Å². The first-order valence-corrected chi connectivity index (χ1v) is 3.06. The number of nitrogens with zero attached hydrogens (tertiary/aromatic N) is 2. The number of carboxylic acids is 1. The lowest BCUT2D eigenvalue weighted by molar-refractivity contribution is -0.167. The van der Waals surface area contributed by atoms with E-state index in [1.165, 1.54) is 13.2 Å². The summed E-state index contributed by atoms with van der Waals surface area (Å²) < 4.78 is 26.4. The highest BCUT2D eigenvalue weighted by atomic mass is 19.3. The summed E-state index contributed by atoms with van der Waals surface area (Å²) >= 11 is 0. The fourth-order valence-corrected chi connectivity index (χ4v) is 0.692. The van der Waals surface area contributed by atoms with Crippen molar-refractivity contribution in [2.75, 3.05) is 0 Å². The van der Waals surface area contributed by atoms with Gasteiger partial charge in [-0.05, 0) is 6.07 Å². The summed E-state index contributed by atoms with van der Waals surface area (Å²) in [6.45, 7) is 0. The zero-order valence-corrected chi connectivity index (χ0v) is 6.16. The van der Waals surface area contributed by atoms with Crippen LogP contribution in [0.2, 0.25) is 0 Å². The van der Waals surface area contributed by atoms with Gasteiger partial charge < -0.3 is 5.11 Å². The van der Waals surface area contributed by atoms with E-state index in [4.69, 9.17) is 5.11 Å². The number of aromatic nitrogens is 2. The molecule has 1 heterocycles. The van der Waals surface area contributed by atoms with Gasteiger partial charge in [0, 0.05) is 13.2 Å². The number of carboxylic acid groups (broad SMARTS) is 1. The van der Waals surface area contributed by atoms with Crippen molar-refractivity contribution in [3.63, 3.8) is 0 Å². The molecule has 1 N–H and O–H groups in total. The highest BCUT2D eigenvalue weighted by Crippen LogP contribution is 2.25. The maximum absolute atomic E-state index is 12.6. The summed E-state index contributed by atoms with van der Waals surface area (Å²) in [6, 6.07) is 0.966. The van der Waals surface area contributed by atoms with Crippen LogP contribution in [0.25, 0.3) is 0 Å². The fraction of sp³-hybridized carbons (Fsp3) is 0.333. The van der Waals surface area contributed by atoms with E-state index in [1.54, 1.807) is 0 Å². The number of alkyl halides is 2. The molecule has 1 aromatic rings. The molecule has 0 bridgehead atoms. The normalized spacial score (nSPS) is 11.6. The largest absolute Gasteiger partial charge is 0.476 e. The van der Waals surface area contributed by atoms with Gasteiger partial charge in [0.05, 0.1) is 0 Å². The molecule has 6 heteroatoms. The highest BCUT2D eigenvalue weighted by molar-refractivity contribution is 5.76. The van der Waals surface area contributed by atoms with Crippen LogP contribution in [-0.4, -0.2) is 20.9 Å². The van der Waals surface area contributed by atoms with Crippen LogP contribution in [0.1, 0.15) is 5.69 Å². The van der Waals surface area contributed by atoms with Crippen LogP contribution in [0.3, 0.4) is 0 Å². The second-order valence-corrected chi connectivity index (χ2v) is 2.25. The Morgan fingerprint density at radius 1 is 1.75 bits per heavy atom. The minimum atomic E-state index is -3.90. The minimum absolute atomic E-state index is 0.752. The Bertz CT molecular complexity index is 308. The molecule has 4 nitrogen and oxygen atoms in total. The Morgan fingerprint density at radius 3 is 2.67 bits per heavy atom. The summed E-state index contributed by atoms with van der Waals surface area (Å²) in [4.78, 5) is 10.0. The van der Waals surface area contributed by atoms with Crippen molar-refractivity contribution in [1.29, 1.82) is 0 Å². The highest BCUT2D eigenvalue weighted by Gasteiger charge is 2.43. The quantitative estimate of drug-likeness (QED) is 0.717. The third-order valence-corrected chi connectivity index (χ3v) is 1.30. The number of aliphatic carboxylic acids is 1. The van der Waals surface area contributed by atoms with Crippen LogP contribution >= 0.6 is 0 Å². The molecule has 1 aromatic heterocycles. The summed E-state index contributed by atoms with van der Waals surface area (Å²) in [5.74, 6) is -6.09. The van der Waals surface area contributed by atoms with E-state index in [0.717, 1.165) is 10.7 Å². The third-order valence-electron chi connectivity index (χ3n) is 1.30. The Morgan fingerprint density at radius 2 is 2.33 bits per heavy atom. The molecule has 0 aliphatic heterocycles. The van der Waals surface area contributed by atoms with Gasteiger partial charge in [-0.3, -0.25) is 4.68 Å². The Labute approximate surface area is 66.4 Å². The van der Waals surface area contributed by atoms with Crippen LogP contribution in [0.5, 0.6) is 0 Å². The predicted octanol–water partition coefficient (Wildman–Crippen LogP) is 0.597. The number of carbonyl (C=O) groups is 1. The zero-order chi connectivity index (χ0) is 9.35. The second kappa shape index (κ2) is 2.54. The fourth-order valence-electron chi connectivity index (χ4n) is 0.692. The molecule has 0 fully saturated rings. The molecule has 0 spiro atoms. The molecular weight excluding hydrogens is 170 g/mol. The minimum Gasteiger partial charge on any atom is -0.476 e. The first-order valence-electron chi connectivity index (χ1n) is 3.06. The lowest BCUT2D eigenvalue weighted by Gasteiger charge is -2.06. The number of aryl methyl sites for hydroxylation is 1. The molecule has 0 aliphatic rings. The smallest absolute Gasteiger partial charge is 0.385 e. The van der Waals surface area contributed by atoms with E-state index < -0.39 is 17.6 Å². The van der Waals surface area contributed by atoms with Crippen LogP contribution in [0.4, 0.5) is 8.78 Å². The lowest BCUT2D eigenvalue weighted by Crippen LogP contribution is -2.26. The zero-order valence-electron chi connectivity index (χ0n) is 6.16. The van der Waals surface area contributed by atoms with Gasteiger partial charge in [-0.15, -0.1) is 0 Å². The van der Waals surface area contributed by atoms with E-state index in [0.29, 0.717) is 0 Å². The van der Waals surface area contributed by atoms with E-state index in [2.05, 4.69) is 5.10 Å². The van der Waals surface area contributed by atoms with Crippen LogP contribution in [0, 0.1) is 0 Å². The maximum atomic E-state index is 12.6. The van der Waals surface area contributed by atoms with Gasteiger partial charge in [-0.1, -0.05) is 0 Å². The van der Waals surface area contributed by atoms with Crippen LogP contribution in [-0.2, 0) is 17.8 Å². The predicted molar refractivity (Wildman–Crippen MR) is 34.7 cm³/mol. The molecule has 0 aromatic carbocycles. The first kappa shape index (κ1) is 8.63. The van der Waals surface area contributed by atoms with Crippen molar-refractivity contribution in [3.8, 4) is 0 Å². The number of rotatable bonds is 2. The molecule has 0 unspecified atom stereocenters. The third kappa shape index (κ3) is 1.27. The summed E-state index contributed by atoms with van der Waals surface area (Å²) in [6.07, 6.45) is 1.26. The monoisotopic (exact) mass is 176 g/mol. The summed E-state index contributed by atoms with van der Waals surface area (Å²) in [5.41, 5.74) is -0.752. The first-order chi connectivity index (χ1) is 5.44. The van der Waals surface area contributed by atoms with Gasteiger partial charge in [-0.25, -0.2) is 4.79 Å². The van der Waals surface area contributed by atoms with E-state index in [1.807, 2.05) is 0 Å². The summed E-state index contributed by atoms with van der Waals surface area (Å²) in [7, 11) is 1.43. The Kier molecular flexibility index (Phi) is 1.83. The van der Waals surface area contributed by atoms with Gasteiger partial charge in [0.25, 0.3) is 0 Å². The van der Waals surface area contributed by atoms with E-state index in [9.17, 15) is 13.6 Å². The molecular formula is C6H6F2N2O2. The van der Waals surface area contributed by atoms with Crippen molar-refractivity contribution in [3.05, 3.63) is 18.0 Å². The van der Waals surface area contributed by atoms with Gasteiger partial charge in [0.2, 0.25) is 0 Å². The maximum Gasteiger partial charge on any atom is 0.385 e. The van der Waals surface area contributed by atoms with Crippen LogP contribution < -0.4 is 0 Å². The molecule has 0 saturated heterocycles. The topological polar surface area (TPSA) is 55.1 Å². The van der Waals surface area contributed by atoms with Crippen molar-refractivity contribution in [2.45, 2.75) is 5.92 Å². The standard InChI is InChI=1S/C6H6F2N2O2/c1-10-3-2-4(9-10)6(7,8)5(11)12/h2-3H,1H3,(H,11,12). The summed E-state index contributed by atoms with van der Waals surface area (Å²) in [5, 5.41) is 11.4. The number of hydrogen-bond donors (Lipinski definition) is 1. The van der Waals surface area contributed by atoms with Crippen molar-refractivity contribution < 1.29 is 18.7 Å². The van der Waals surface area contributed by atoms with E-state index in [-0.39, 0.29) is 0 Å². The number of hydrogen-bond acceptors (Lipinski definition) is 2. The average Bonchev–Trinajstić information content (AvgIpc) is 2.35. The SMILES string of the molecule is Cn1ccc(C(F)(F)C(=O)O)n1. The van der Waals surface area contributed by atoms with Crippen molar-refractivity contribution >= 4 is 5.97 Å². The second-order valence-electron chi connectivity index (χ2n) is 2.25. The average molecular weight is 176 g/mol. The molecule has 0 saturated carbocycles. The molecule has 12 heavy (non-hydrogen) atoms. The Balaban J connectivity index is 3.05. The molecule has 0 radical (unpaired) electrons. The van der Waals surface area contributed by atoms with E-state index >= 15 is 0 Å². The molecule has 0 aliphatic carbocycles. The van der Waals surface area contributed by atoms with Gasteiger partial charge in [0.15, 0.2) is 0 Å². The molecule has 0 atom stereocenters. The van der Waals surface area contributed by atoms with Crippen molar-refractivity contribution in [2.24, 2.45) is 7.05 Å². The van der Waals surface area contributed by atoms with Gasteiger partial charge in [0.1, 0.15) is 5.69 Å². The molecule has 66 valence electrons. The Hall–Kier alpha value is -1.46. The van der Waals surface area contributed by atoms with Gasteiger partial charge >= 0.3 is 11.9 Å². The lowest BCUT2D eigenvalue weighted by atomic mass is 10.2.